The number of hydrogen-bond donors (Lipinski definition) is 1. The smallest absolute Gasteiger partial charge is 0.223 e. The first-order valence-electron chi connectivity index (χ1n) is 8.30. The quantitative estimate of drug-likeness (QED) is 0.845. The minimum atomic E-state index is 0.206. The van der Waals surface area contributed by atoms with Crippen LogP contribution >= 0.6 is 0 Å². The Kier molecular flexibility index (Phi) is 5.10. The van der Waals surface area contributed by atoms with Gasteiger partial charge in [-0.25, -0.2) is 4.98 Å². The van der Waals surface area contributed by atoms with Crippen LogP contribution in [0.25, 0.3) is 0 Å². The molecule has 1 aromatic rings. The summed E-state index contributed by atoms with van der Waals surface area (Å²) >= 11 is 0. The number of carbonyl (C=O) groups excluding carboxylic acids is 1. The zero-order valence-corrected chi connectivity index (χ0v) is 13.4. The number of carbonyl (C=O) groups is 1. The Bertz CT molecular complexity index is 510. The maximum absolute atomic E-state index is 12.0. The molecule has 1 N–H and O–H groups in total. The molecule has 6 heteroatoms. The molecular formula is C16H26N4O2. The monoisotopic (exact) mass is 306 g/mol. The molecule has 122 valence electrons. The van der Waals surface area contributed by atoms with Gasteiger partial charge in [0.05, 0.1) is 25.0 Å². The molecule has 6 nitrogen and oxygen atoms in total. The van der Waals surface area contributed by atoms with Gasteiger partial charge in [-0.2, -0.15) is 0 Å². The molecule has 0 saturated heterocycles. The van der Waals surface area contributed by atoms with E-state index in [1.165, 1.54) is 6.42 Å². The van der Waals surface area contributed by atoms with Crippen LogP contribution in [0.15, 0.2) is 6.20 Å². The number of methoxy groups -OCH3 is 1. The topological polar surface area (TPSA) is 59.4 Å². The van der Waals surface area contributed by atoms with Crippen molar-refractivity contribution < 1.29 is 9.53 Å². The van der Waals surface area contributed by atoms with Gasteiger partial charge in [0.1, 0.15) is 5.82 Å². The summed E-state index contributed by atoms with van der Waals surface area (Å²) in [5.41, 5.74) is 1.12. The van der Waals surface area contributed by atoms with E-state index >= 15 is 0 Å². The van der Waals surface area contributed by atoms with Crippen LogP contribution in [0.1, 0.15) is 30.8 Å². The van der Waals surface area contributed by atoms with E-state index in [1.807, 2.05) is 6.20 Å². The predicted octanol–water partition coefficient (Wildman–Crippen LogP) is 0.804. The number of fused-ring (bicyclic) bond motifs is 1. The van der Waals surface area contributed by atoms with Crippen molar-refractivity contribution >= 4 is 5.91 Å². The first-order chi connectivity index (χ1) is 10.8. The van der Waals surface area contributed by atoms with Gasteiger partial charge in [-0.1, -0.05) is 6.42 Å². The van der Waals surface area contributed by atoms with Crippen molar-refractivity contribution in [3.63, 3.8) is 0 Å². The van der Waals surface area contributed by atoms with Gasteiger partial charge in [-0.05, 0) is 12.8 Å². The summed E-state index contributed by atoms with van der Waals surface area (Å²) in [6, 6.07) is 0. The zero-order valence-electron chi connectivity index (χ0n) is 13.4. The molecular weight excluding hydrogens is 280 g/mol. The summed E-state index contributed by atoms with van der Waals surface area (Å²) in [7, 11) is 1.74. The lowest BCUT2D eigenvalue weighted by Gasteiger charge is -2.24. The average Bonchev–Trinajstić information content (AvgIpc) is 2.73. The standard InChI is InChI=1S/C16H26N4O2/c1-22-10-9-19-6-5-15-17-11-14(20(15)8-7-19)12-18-16(21)13-3-2-4-13/h11,13H,2-10,12H2,1H3,(H,18,21). The lowest BCUT2D eigenvalue weighted by atomic mass is 9.85. The third kappa shape index (κ3) is 3.50. The van der Waals surface area contributed by atoms with Crippen molar-refractivity contribution in [3.8, 4) is 0 Å². The van der Waals surface area contributed by atoms with Crippen molar-refractivity contribution in [3.05, 3.63) is 17.7 Å². The fourth-order valence-electron chi connectivity index (χ4n) is 3.12. The summed E-state index contributed by atoms with van der Waals surface area (Å²) in [5, 5.41) is 3.07. The molecule has 0 spiro atoms. The molecule has 1 aliphatic heterocycles. The van der Waals surface area contributed by atoms with Crippen LogP contribution in [-0.4, -0.2) is 53.7 Å². The minimum Gasteiger partial charge on any atom is -0.383 e. The second-order valence-electron chi connectivity index (χ2n) is 6.25. The van der Waals surface area contributed by atoms with Crippen molar-refractivity contribution in [2.45, 2.75) is 38.8 Å². The molecule has 1 amide bonds. The summed E-state index contributed by atoms with van der Waals surface area (Å²) < 4.78 is 7.43. The summed E-state index contributed by atoms with van der Waals surface area (Å²) in [6.07, 6.45) is 6.16. The SMILES string of the molecule is COCCN1CCc2ncc(CNC(=O)C3CCC3)n2CC1. The van der Waals surface area contributed by atoms with Gasteiger partial charge in [0.25, 0.3) is 0 Å². The number of nitrogens with zero attached hydrogens (tertiary/aromatic N) is 3. The molecule has 1 fully saturated rings. The Balaban J connectivity index is 1.55. The molecule has 1 aliphatic carbocycles. The van der Waals surface area contributed by atoms with E-state index in [2.05, 4.69) is 19.8 Å². The molecule has 2 heterocycles. The molecule has 0 aromatic carbocycles. The highest BCUT2D eigenvalue weighted by atomic mass is 16.5. The first kappa shape index (κ1) is 15.5. The number of amides is 1. The van der Waals surface area contributed by atoms with Gasteiger partial charge < -0.3 is 14.6 Å². The highest BCUT2D eigenvalue weighted by Crippen LogP contribution is 2.26. The number of rotatable bonds is 6. The molecule has 2 aliphatic rings. The minimum absolute atomic E-state index is 0.206. The number of hydrogen-bond acceptors (Lipinski definition) is 4. The van der Waals surface area contributed by atoms with Crippen molar-refractivity contribution in [1.82, 2.24) is 19.8 Å². The van der Waals surface area contributed by atoms with Crippen LogP contribution in [0, 0.1) is 5.92 Å². The van der Waals surface area contributed by atoms with Crippen molar-refractivity contribution in [2.24, 2.45) is 5.92 Å². The molecule has 0 unspecified atom stereocenters. The second kappa shape index (κ2) is 7.24. The molecule has 0 bridgehead atoms. The first-order valence-corrected chi connectivity index (χ1v) is 8.30. The average molecular weight is 306 g/mol. The molecule has 1 aromatic heterocycles. The maximum Gasteiger partial charge on any atom is 0.223 e. The van der Waals surface area contributed by atoms with Gasteiger partial charge in [0, 0.05) is 45.6 Å². The van der Waals surface area contributed by atoms with Gasteiger partial charge in [-0.15, -0.1) is 0 Å². The Morgan fingerprint density at radius 3 is 3.00 bits per heavy atom. The molecule has 0 radical (unpaired) electrons. The third-order valence-electron chi connectivity index (χ3n) is 4.84. The number of ether oxygens (including phenoxy) is 1. The van der Waals surface area contributed by atoms with Crippen LogP contribution in [0.5, 0.6) is 0 Å². The van der Waals surface area contributed by atoms with E-state index in [0.717, 1.165) is 63.6 Å². The maximum atomic E-state index is 12.0. The summed E-state index contributed by atoms with van der Waals surface area (Å²) in [6.45, 7) is 5.31. The number of imidazole rings is 1. The third-order valence-corrected chi connectivity index (χ3v) is 4.84. The van der Waals surface area contributed by atoms with E-state index in [0.29, 0.717) is 6.54 Å². The van der Waals surface area contributed by atoms with Gasteiger partial charge in [0.15, 0.2) is 0 Å². The molecule has 1 saturated carbocycles. The molecule has 22 heavy (non-hydrogen) atoms. The van der Waals surface area contributed by atoms with Crippen molar-refractivity contribution in [1.29, 1.82) is 0 Å². The molecule has 0 atom stereocenters. The summed E-state index contributed by atoms with van der Waals surface area (Å²) in [5.74, 6) is 1.58. The Morgan fingerprint density at radius 2 is 2.27 bits per heavy atom. The largest absolute Gasteiger partial charge is 0.383 e. The number of nitrogens with one attached hydrogen (secondary N) is 1. The predicted molar refractivity (Wildman–Crippen MR) is 83.4 cm³/mol. The van der Waals surface area contributed by atoms with Crippen LogP contribution in [0.2, 0.25) is 0 Å². The van der Waals surface area contributed by atoms with E-state index in [-0.39, 0.29) is 11.8 Å². The van der Waals surface area contributed by atoms with Gasteiger partial charge in [-0.3, -0.25) is 9.69 Å². The lowest BCUT2D eigenvalue weighted by Crippen LogP contribution is -2.34. The second-order valence-corrected chi connectivity index (χ2v) is 6.25. The Hall–Kier alpha value is -1.40. The highest BCUT2D eigenvalue weighted by Gasteiger charge is 2.25. The van der Waals surface area contributed by atoms with Crippen LogP contribution in [-0.2, 0) is 29.0 Å². The molecule has 3 rings (SSSR count). The fraction of sp³-hybridized carbons (Fsp3) is 0.750. The van der Waals surface area contributed by atoms with E-state index < -0.39 is 0 Å². The number of aromatic nitrogens is 2. The van der Waals surface area contributed by atoms with Crippen LogP contribution in [0.4, 0.5) is 0 Å². The zero-order chi connectivity index (χ0) is 15.4. The van der Waals surface area contributed by atoms with Crippen LogP contribution < -0.4 is 5.32 Å². The van der Waals surface area contributed by atoms with E-state index in [4.69, 9.17) is 4.74 Å². The van der Waals surface area contributed by atoms with Gasteiger partial charge in [0.2, 0.25) is 5.91 Å². The van der Waals surface area contributed by atoms with Crippen molar-refractivity contribution in [2.75, 3.05) is 33.4 Å². The van der Waals surface area contributed by atoms with Crippen LogP contribution in [0.3, 0.4) is 0 Å². The summed E-state index contributed by atoms with van der Waals surface area (Å²) in [4.78, 5) is 18.9. The lowest BCUT2D eigenvalue weighted by molar-refractivity contribution is -0.127. The van der Waals surface area contributed by atoms with Gasteiger partial charge >= 0.3 is 0 Å². The highest BCUT2D eigenvalue weighted by molar-refractivity contribution is 5.79. The normalized spacial score (nSPS) is 19.3. The Morgan fingerprint density at radius 1 is 1.41 bits per heavy atom. The Labute approximate surface area is 131 Å². The van der Waals surface area contributed by atoms with E-state index in [1.54, 1.807) is 7.11 Å². The fourth-order valence-corrected chi connectivity index (χ4v) is 3.12. The van der Waals surface area contributed by atoms with E-state index in [9.17, 15) is 4.79 Å².